The molecule has 5 nitrogen and oxygen atoms in total. The molecule has 0 spiro atoms. The first-order valence-electron chi connectivity index (χ1n) is 8.15. The summed E-state index contributed by atoms with van der Waals surface area (Å²) in [6, 6.07) is 13.2. The molecule has 2 heterocycles. The number of hydrogen-bond acceptors (Lipinski definition) is 4. The highest BCUT2D eigenvalue weighted by atomic mass is 16.4. The average molecular weight is 323 g/mol. The van der Waals surface area contributed by atoms with Crippen LogP contribution in [0.2, 0.25) is 0 Å². The van der Waals surface area contributed by atoms with Gasteiger partial charge in [0.15, 0.2) is 5.88 Å². The number of carbonyl (C=O) groups excluding carboxylic acids is 1. The predicted molar refractivity (Wildman–Crippen MR) is 97.3 cm³/mol. The topological polar surface area (TPSA) is 49.1 Å². The highest BCUT2D eigenvalue weighted by molar-refractivity contribution is 6.32. The normalized spacial score (nSPS) is 16.0. The Morgan fingerprint density at radius 1 is 1.12 bits per heavy atom. The van der Waals surface area contributed by atoms with Crippen LogP contribution in [0.25, 0.3) is 6.08 Å². The minimum atomic E-state index is -0.139. The van der Waals surface area contributed by atoms with Gasteiger partial charge in [-0.15, -0.1) is 0 Å². The largest absolute Gasteiger partial charge is 0.441 e. The van der Waals surface area contributed by atoms with Gasteiger partial charge in [0.2, 0.25) is 0 Å². The summed E-state index contributed by atoms with van der Waals surface area (Å²) in [5, 5.41) is 5.80. The average Bonchev–Trinajstić information content (AvgIpc) is 3.17. The van der Waals surface area contributed by atoms with Crippen LogP contribution in [0.15, 0.2) is 57.6 Å². The van der Waals surface area contributed by atoms with Crippen molar-refractivity contribution < 1.29 is 9.21 Å². The van der Waals surface area contributed by atoms with Gasteiger partial charge in [-0.1, -0.05) is 18.2 Å². The molecule has 0 saturated carbocycles. The number of para-hydroxylation sites is 1. The predicted octanol–water partition coefficient (Wildman–Crippen LogP) is 3.93. The number of furan rings is 1. The molecule has 0 atom stereocenters. The summed E-state index contributed by atoms with van der Waals surface area (Å²) in [4.78, 5) is 14.8. The molecule has 2 aromatic rings. The van der Waals surface area contributed by atoms with E-state index in [0.29, 0.717) is 17.0 Å². The van der Waals surface area contributed by atoms with E-state index in [0.717, 1.165) is 24.7 Å². The molecule has 0 aliphatic carbocycles. The van der Waals surface area contributed by atoms with Gasteiger partial charge in [-0.2, -0.15) is 10.1 Å². The Hall–Kier alpha value is -2.82. The van der Waals surface area contributed by atoms with Gasteiger partial charge in [-0.25, -0.2) is 0 Å². The Bertz CT molecular complexity index is 786. The van der Waals surface area contributed by atoms with Crippen LogP contribution >= 0.6 is 0 Å². The molecule has 124 valence electrons. The molecule has 1 aliphatic heterocycles. The number of benzene rings is 1. The molecule has 0 N–H and O–H groups in total. The summed E-state index contributed by atoms with van der Waals surface area (Å²) in [7, 11) is 0. The number of hydrazone groups is 1. The summed E-state index contributed by atoms with van der Waals surface area (Å²) >= 11 is 0. The van der Waals surface area contributed by atoms with Gasteiger partial charge in [0, 0.05) is 19.2 Å². The maximum atomic E-state index is 12.7. The first-order chi connectivity index (χ1) is 11.6. The SMILES string of the molecule is CCN(CC)c1ccc(/C=C2/C(=O)N(c3ccccc3)N=C2C)o1. The molecule has 1 aromatic carbocycles. The van der Waals surface area contributed by atoms with Crippen molar-refractivity contribution in [1.29, 1.82) is 0 Å². The van der Waals surface area contributed by atoms with Gasteiger partial charge in [-0.05, 0) is 45.0 Å². The molecule has 0 fully saturated rings. The van der Waals surface area contributed by atoms with Crippen molar-refractivity contribution in [2.24, 2.45) is 5.10 Å². The zero-order chi connectivity index (χ0) is 17.1. The fraction of sp³-hybridized carbons (Fsp3) is 0.263. The minimum Gasteiger partial charge on any atom is -0.441 e. The fourth-order valence-corrected chi connectivity index (χ4v) is 2.70. The molecule has 1 aromatic heterocycles. The lowest BCUT2D eigenvalue weighted by Gasteiger charge is -2.16. The van der Waals surface area contributed by atoms with Crippen LogP contribution in [0.1, 0.15) is 26.5 Å². The molecule has 0 saturated heterocycles. The lowest BCUT2D eigenvalue weighted by Crippen LogP contribution is -2.21. The third kappa shape index (κ3) is 2.97. The zero-order valence-corrected chi connectivity index (χ0v) is 14.2. The number of carbonyl (C=O) groups is 1. The summed E-state index contributed by atoms with van der Waals surface area (Å²) in [6.07, 6.45) is 1.76. The molecule has 1 aliphatic rings. The van der Waals surface area contributed by atoms with E-state index in [1.807, 2.05) is 49.4 Å². The summed E-state index contributed by atoms with van der Waals surface area (Å²) in [6.45, 7) is 7.75. The van der Waals surface area contributed by atoms with Crippen LogP contribution in [-0.2, 0) is 4.79 Å². The number of hydrogen-bond donors (Lipinski definition) is 0. The van der Waals surface area contributed by atoms with Crippen LogP contribution < -0.4 is 9.91 Å². The van der Waals surface area contributed by atoms with Crippen LogP contribution in [0.5, 0.6) is 0 Å². The van der Waals surface area contributed by atoms with Gasteiger partial charge in [0.1, 0.15) is 5.76 Å². The minimum absolute atomic E-state index is 0.139. The van der Waals surface area contributed by atoms with Crippen molar-refractivity contribution in [1.82, 2.24) is 0 Å². The smallest absolute Gasteiger partial charge is 0.280 e. The van der Waals surface area contributed by atoms with Crippen molar-refractivity contribution in [3.05, 3.63) is 53.8 Å². The van der Waals surface area contributed by atoms with E-state index in [9.17, 15) is 4.79 Å². The van der Waals surface area contributed by atoms with Crippen molar-refractivity contribution in [2.45, 2.75) is 20.8 Å². The van der Waals surface area contributed by atoms with E-state index in [-0.39, 0.29) is 5.91 Å². The van der Waals surface area contributed by atoms with E-state index in [4.69, 9.17) is 4.42 Å². The third-order valence-electron chi connectivity index (χ3n) is 4.04. The van der Waals surface area contributed by atoms with Crippen LogP contribution in [0.4, 0.5) is 11.6 Å². The first-order valence-corrected chi connectivity index (χ1v) is 8.15. The summed E-state index contributed by atoms with van der Waals surface area (Å²) < 4.78 is 5.85. The van der Waals surface area contributed by atoms with Gasteiger partial charge < -0.3 is 9.32 Å². The Balaban J connectivity index is 1.86. The van der Waals surface area contributed by atoms with Gasteiger partial charge >= 0.3 is 0 Å². The highest BCUT2D eigenvalue weighted by Crippen LogP contribution is 2.26. The standard InChI is InChI=1S/C19H21N3O2/c1-4-21(5-2)18-12-11-16(24-18)13-17-14(3)20-22(19(17)23)15-9-7-6-8-10-15/h6-13H,4-5H2,1-3H3/b17-13+. The molecule has 24 heavy (non-hydrogen) atoms. The quantitative estimate of drug-likeness (QED) is 0.783. The number of anilines is 2. The van der Waals surface area contributed by atoms with Crippen molar-refractivity contribution in [3.8, 4) is 0 Å². The molecule has 5 heteroatoms. The second-order valence-electron chi connectivity index (χ2n) is 5.54. The summed E-state index contributed by atoms with van der Waals surface area (Å²) in [5.41, 5.74) is 2.00. The Kier molecular flexibility index (Phi) is 4.51. The molecule has 0 radical (unpaired) electrons. The maximum Gasteiger partial charge on any atom is 0.280 e. The monoisotopic (exact) mass is 323 g/mol. The maximum absolute atomic E-state index is 12.7. The van der Waals surface area contributed by atoms with E-state index in [1.165, 1.54) is 5.01 Å². The molecule has 1 amide bonds. The second-order valence-corrected chi connectivity index (χ2v) is 5.54. The molecular weight excluding hydrogens is 302 g/mol. The number of amides is 1. The second kappa shape index (κ2) is 6.74. The number of rotatable bonds is 5. The molecule has 0 unspecified atom stereocenters. The lowest BCUT2D eigenvalue weighted by molar-refractivity contribution is -0.114. The lowest BCUT2D eigenvalue weighted by atomic mass is 10.1. The van der Waals surface area contributed by atoms with E-state index < -0.39 is 0 Å². The van der Waals surface area contributed by atoms with Crippen molar-refractivity contribution >= 4 is 29.3 Å². The van der Waals surface area contributed by atoms with Gasteiger partial charge in [-0.3, -0.25) is 4.79 Å². The Morgan fingerprint density at radius 3 is 2.50 bits per heavy atom. The van der Waals surface area contributed by atoms with Crippen molar-refractivity contribution in [2.75, 3.05) is 23.0 Å². The van der Waals surface area contributed by atoms with Crippen molar-refractivity contribution in [3.63, 3.8) is 0 Å². The first kappa shape index (κ1) is 16.1. The third-order valence-corrected chi connectivity index (χ3v) is 4.04. The van der Waals surface area contributed by atoms with Gasteiger partial charge in [0.25, 0.3) is 5.91 Å². The Labute approximate surface area is 141 Å². The number of nitrogens with zero attached hydrogens (tertiary/aromatic N) is 3. The van der Waals surface area contributed by atoms with Crippen LogP contribution in [-0.4, -0.2) is 24.7 Å². The zero-order valence-electron chi connectivity index (χ0n) is 14.2. The Morgan fingerprint density at radius 2 is 1.83 bits per heavy atom. The highest BCUT2D eigenvalue weighted by Gasteiger charge is 2.28. The molecular formula is C19H21N3O2. The van der Waals surface area contributed by atoms with E-state index >= 15 is 0 Å². The molecule has 3 rings (SSSR count). The van der Waals surface area contributed by atoms with Gasteiger partial charge in [0.05, 0.1) is 17.0 Å². The van der Waals surface area contributed by atoms with E-state index in [2.05, 4.69) is 23.8 Å². The van der Waals surface area contributed by atoms with Crippen LogP contribution in [0.3, 0.4) is 0 Å². The van der Waals surface area contributed by atoms with Crippen LogP contribution in [0, 0.1) is 0 Å². The molecule has 0 bridgehead atoms. The summed E-state index contributed by atoms with van der Waals surface area (Å²) in [5.74, 6) is 1.33. The van der Waals surface area contributed by atoms with E-state index in [1.54, 1.807) is 6.08 Å². The fourth-order valence-electron chi connectivity index (χ4n) is 2.70.